The van der Waals surface area contributed by atoms with Crippen molar-refractivity contribution in [1.82, 2.24) is 34.5 Å². The summed E-state index contributed by atoms with van der Waals surface area (Å²) in [5.74, 6) is 2.02. The number of H-pyrrole nitrogens is 1. The van der Waals surface area contributed by atoms with Crippen LogP contribution in [-0.2, 0) is 18.3 Å². The van der Waals surface area contributed by atoms with Crippen LogP contribution in [0.2, 0.25) is 0 Å². The molecule has 2 amide bonds. The van der Waals surface area contributed by atoms with Gasteiger partial charge in [0.25, 0.3) is 0 Å². The SMILES string of the molecule is O=C(N1CC2(CC(Cn3cnc(C(F)(F)F)c3)C2)C1)N1CC2(CC(c3nc(C4(O)CC4)n[nH]3)C2)C1. The molecule has 0 radical (unpaired) electrons. The molecule has 2 spiro atoms. The Morgan fingerprint density at radius 3 is 2.29 bits per heavy atom. The van der Waals surface area contributed by atoms with E-state index in [1.54, 1.807) is 0 Å². The van der Waals surface area contributed by atoms with E-state index in [1.165, 1.54) is 10.9 Å². The minimum Gasteiger partial charge on any atom is -0.382 e. The minimum absolute atomic E-state index is 0.107. The van der Waals surface area contributed by atoms with Gasteiger partial charge in [0.15, 0.2) is 11.5 Å². The van der Waals surface area contributed by atoms with Crippen LogP contribution >= 0.6 is 0 Å². The zero-order valence-corrected chi connectivity index (χ0v) is 19.3. The Labute approximate surface area is 199 Å². The van der Waals surface area contributed by atoms with Crippen molar-refractivity contribution in [3.8, 4) is 0 Å². The second-order valence-corrected chi connectivity index (χ2v) is 11.9. The summed E-state index contributed by atoms with van der Waals surface area (Å²) in [5.41, 5.74) is -1.33. The quantitative estimate of drug-likeness (QED) is 0.685. The Balaban J connectivity index is 0.845. The number of urea groups is 1. The van der Waals surface area contributed by atoms with Crippen LogP contribution in [-0.4, -0.2) is 71.8 Å². The molecule has 2 N–H and O–H groups in total. The standard InChI is InChI=1S/C23H28F3N7O2/c24-23(25,26)16-8-31(13-27-16)7-14-3-20(4-14)9-32(10-20)19(34)33-11-21(12-33)5-15(6-21)17-28-18(30-29-17)22(35)1-2-22/h8,13-15,35H,1-7,9-12H2,(H,28,29,30). The first-order valence-electron chi connectivity index (χ1n) is 12.3. The zero-order chi connectivity index (χ0) is 24.2. The van der Waals surface area contributed by atoms with Crippen LogP contribution in [0.25, 0.3) is 0 Å². The van der Waals surface area contributed by atoms with E-state index >= 15 is 0 Å². The summed E-state index contributed by atoms with van der Waals surface area (Å²) in [6.45, 7) is 3.59. The monoisotopic (exact) mass is 491 g/mol. The maximum Gasteiger partial charge on any atom is 0.434 e. The molecule has 7 rings (SSSR count). The Morgan fingerprint density at radius 1 is 1.09 bits per heavy atom. The number of aliphatic hydroxyl groups is 1. The van der Waals surface area contributed by atoms with Gasteiger partial charge in [-0.05, 0) is 44.4 Å². The molecule has 0 bridgehead atoms. The van der Waals surface area contributed by atoms with Gasteiger partial charge in [0, 0.05) is 55.7 Å². The van der Waals surface area contributed by atoms with Crippen molar-refractivity contribution >= 4 is 6.03 Å². The van der Waals surface area contributed by atoms with E-state index in [-0.39, 0.29) is 16.9 Å². The number of hydrogen-bond acceptors (Lipinski definition) is 5. The fourth-order valence-corrected chi connectivity index (χ4v) is 6.90. The van der Waals surface area contributed by atoms with E-state index in [0.717, 1.165) is 76.7 Å². The van der Waals surface area contributed by atoms with E-state index in [0.29, 0.717) is 24.2 Å². The number of hydrogen-bond donors (Lipinski definition) is 2. The number of likely N-dealkylation sites (tertiary alicyclic amines) is 2. The summed E-state index contributed by atoms with van der Waals surface area (Å²) in [7, 11) is 0. The Bertz CT molecular complexity index is 1160. The fraction of sp³-hybridized carbons (Fsp3) is 0.739. The number of imidazole rings is 1. The third-order valence-electron chi connectivity index (χ3n) is 8.87. The van der Waals surface area contributed by atoms with Crippen LogP contribution in [0.5, 0.6) is 0 Å². The summed E-state index contributed by atoms with van der Waals surface area (Å²) >= 11 is 0. The second-order valence-electron chi connectivity index (χ2n) is 11.9. The van der Waals surface area contributed by atoms with Gasteiger partial charge in [0.2, 0.25) is 0 Å². The van der Waals surface area contributed by atoms with Crippen LogP contribution in [0.3, 0.4) is 0 Å². The molecule has 2 aromatic heterocycles. The maximum atomic E-state index is 12.9. The second kappa shape index (κ2) is 6.77. The number of nitrogens with zero attached hydrogens (tertiary/aromatic N) is 6. The molecule has 3 saturated carbocycles. The van der Waals surface area contributed by atoms with Gasteiger partial charge in [0.1, 0.15) is 11.4 Å². The van der Waals surface area contributed by atoms with Gasteiger partial charge in [-0.1, -0.05) is 0 Å². The Morgan fingerprint density at radius 2 is 1.71 bits per heavy atom. The van der Waals surface area contributed by atoms with Gasteiger partial charge in [-0.15, -0.1) is 0 Å². The topological polar surface area (TPSA) is 103 Å². The van der Waals surface area contributed by atoms with Gasteiger partial charge in [-0.25, -0.2) is 14.8 Å². The van der Waals surface area contributed by atoms with Crippen LogP contribution in [0.15, 0.2) is 12.5 Å². The average Bonchev–Trinajstić information content (AvgIpc) is 3.10. The van der Waals surface area contributed by atoms with Gasteiger partial charge in [-0.3, -0.25) is 5.10 Å². The number of aromatic amines is 1. The lowest BCUT2D eigenvalue weighted by atomic mass is 9.57. The van der Waals surface area contributed by atoms with Crippen LogP contribution in [0.1, 0.15) is 61.8 Å². The van der Waals surface area contributed by atoms with Crippen molar-refractivity contribution in [3.63, 3.8) is 0 Å². The fourth-order valence-electron chi connectivity index (χ4n) is 6.90. The normalized spacial score (nSPS) is 26.3. The largest absolute Gasteiger partial charge is 0.434 e. The molecule has 3 aliphatic carbocycles. The van der Waals surface area contributed by atoms with Gasteiger partial charge >= 0.3 is 12.2 Å². The molecule has 2 aliphatic heterocycles. The van der Waals surface area contributed by atoms with Crippen LogP contribution in [0.4, 0.5) is 18.0 Å². The maximum absolute atomic E-state index is 12.9. The lowest BCUT2D eigenvalue weighted by Gasteiger charge is -2.63. The number of carbonyl (C=O) groups excluding carboxylic acids is 1. The highest BCUT2D eigenvalue weighted by molar-refractivity contribution is 5.77. The molecule has 4 heterocycles. The third kappa shape index (κ3) is 3.47. The lowest BCUT2D eigenvalue weighted by Crippen LogP contribution is -2.71. The third-order valence-corrected chi connectivity index (χ3v) is 8.87. The molecule has 0 unspecified atom stereocenters. The van der Waals surface area contributed by atoms with E-state index in [1.807, 2.05) is 9.80 Å². The summed E-state index contributed by atoms with van der Waals surface area (Å²) in [5, 5.41) is 17.3. The molecular formula is C23H28F3N7O2. The van der Waals surface area contributed by atoms with E-state index in [9.17, 15) is 23.1 Å². The molecule has 5 fully saturated rings. The summed E-state index contributed by atoms with van der Waals surface area (Å²) in [6.07, 6.45) is 3.22. The smallest absolute Gasteiger partial charge is 0.382 e. The highest BCUT2D eigenvalue weighted by Gasteiger charge is 2.59. The summed E-state index contributed by atoms with van der Waals surface area (Å²) in [6, 6.07) is 0.107. The van der Waals surface area contributed by atoms with E-state index in [2.05, 4.69) is 20.2 Å². The Kier molecular flexibility index (Phi) is 4.19. The molecule has 2 aromatic rings. The summed E-state index contributed by atoms with van der Waals surface area (Å²) < 4.78 is 39.7. The van der Waals surface area contributed by atoms with E-state index < -0.39 is 17.5 Å². The highest BCUT2D eigenvalue weighted by atomic mass is 19.4. The molecule has 0 aromatic carbocycles. The molecule has 188 valence electrons. The van der Waals surface area contributed by atoms with Crippen molar-refractivity contribution in [2.75, 3.05) is 26.2 Å². The number of carbonyl (C=O) groups is 1. The van der Waals surface area contributed by atoms with Gasteiger partial charge in [-0.2, -0.15) is 18.3 Å². The molecule has 5 aliphatic rings. The lowest BCUT2D eigenvalue weighted by molar-refractivity contribution is -0.141. The highest BCUT2D eigenvalue weighted by Crippen LogP contribution is 2.57. The van der Waals surface area contributed by atoms with Crippen LogP contribution < -0.4 is 0 Å². The van der Waals surface area contributed by atoms with Crippen molar-refractivity contribution in [2.24, 2.45) is 16.7 Å². The van der Waals surface area contributed by atoms with Crippen molar-refractivity contribution in [1.29, 1.82) is 0 Å². The summed E-state index contributed by atoms with van der Waals surface area (Å²) in [4.78, 5) is 24.7. The molecule has 2 saturated heterocycles. The number of nitrogens with one attached hydrogen (secondary N) is 1. The predicted octanol–water partition coefficient (Wildman–Crippen LogP) is 2.71. The molecule has 9 nitrogen and oxygen atoms in total. The molecular weight excluding hydrogens is 463 g/mol. The average molecular weight is 492 g/mol. The number of aromatic nitrogens is 5. The van der Waals surface area contributed by atoms with Crippen molar-refractivity contribution in [3.05, 3.63) is 29.9 Å². The predicted molar refractivity (Wildman–Crippen MR) is 115 cm³/mol. The zero-order valence-electron chi connectivity index (χ0n) is 19.3. The van der Waals surface area contributed by atoms with E-state index in [4.69, 9.17) is 0 Å². The van der Waals surface area contributed by atoms with Gasteiger partial charge < -0.3 is 19.5 Å². The van der Waals surface area contributed by atoms with Crippen molar-refractivity contribution in [2.45, 2.75) is 62.8 Å². The minimum atomic E-state index is -4.41. The molecule has 0 atom stereocenters. The first-order valence-corrected chi connectivity index (χ1v) is 12.3. The van der Waals surface area contributed by atoms with Gasteiger partial charge in [0.05, 0.1) is 6.33 Å². The molecule has 12 heteroatoms. The number of amides is 2. The molecule has 35 heavy (non-hydrogen) atoms. The number of alkyl halides is 3. The van der Waals surface area contributed by atoms with Crippen LogP contribution in [0, 0.1) is 16.7 Å². The first-order chi connectivity index (χ1) is 16.5. The number of halogens is 3. The Hall–Kier alpha value is -2.63. The first kappa shape index (κ1) is 21.6. The van der Waals surface area contributed by atoms with Crippen molar-refractivity contribution < 1.29 is 23.1 Å². The number of rotatable bonds is 4.